The summed E-state index contributed by atoms with van der Waals surface area (Å²) in [7, 11) is 0. The minimum atomic E-state index is 0.687. The van der Waals surface area contributed by atoms with Crippen molar-refractivity contribution in [1.29, 1.82) is 0 Å². The van der Waals surface area contributed by atoms with E-state index in [1.165, 1.54) is 87.4 Å². The summed E-state index contributed by atoms with van der Waals surface area (Å²) in [5.41, 5.74) is 22.4. The Hall–Kier alpha value is -12.1. The second-order valence-electron chi connectivity index (χ2n) is 23.7. The van der Waals surface area contributed by atoms with E-state index >= 15 is 0 Å². The summed E-state index contributed by atoms with van der Waals surface area (Å²) in [5.74, 6) is 0.687. The van der Waals surface area contributed by atoms with Crippen LogP contribution in [0.3, 0.4) is 0 Å². The highest BCUT2D eigenvalue weighted by molar-refractivity contribution is 6.16. The number of fused-ring (bicyclic) bond motifs is 15. The molecule has 19 aromatic rings. The van der Waals surface area contributed by atoms with Crippen LogP contribution in [0.1, 0.15) is 0 Å². The number of hydrogen-bond acceptors (Lipinski definition) is 2. The number of nitrogens with zero attached hydrogens (tertiary/aromatic N) is 6. The molecule has 19 rings (SSSR count). The Bertz CT molecular complexity index is 6140. The van der Waals surface area contributed by atoms with Crippen LogP contribution in [0.5, 0.6) is 0 Å². The highest BCUT2D eigenvalue weighted by atomic mass is 15.0. The summed E-state index contributed by atoms with van der Waals surface area (Å²) >= 11 is 0. The van der Waals surface area contributed by atoms with E-state index in [0.29, 0.717) is 5.82 Å². The zero-order valence-electron chi connectivity index (χ0n) is 48.7. The number of para-hydroxylation sites is 6. The van der Waals surface area contributed by atoms with Gasteiger partial charge in [-0.3, -0.25) is 0 Å². The van der Waals surface area contributed by atoms with Gasteiger partial charge in [0.2, 0.25) is 0 Å². The van der Waals surface area contributed by atoms with Gasteiger partial charge in [-0.2, -0.15) is 0 Å². The zero-order chi connectivity index (χ0) is 59.0. The van der Waals surface area contributed by atoms with Crippen molar-refractivity contribution in [3.05, 3.63) is 315 Å². The molecule has 0 spiro atoms. The first-order valence-corrected chi connectivity index (χ1v) is 30.8. The van der Waals surface area contributed by atoms with Crippen LogP contribution in [0.2, 0.25) is 0 Å². The average Bonchev–Trinajstić information content (AvgIpc) is 1.51. The molecule has 0 aliphatic carbocycles. The molecule has 0 N–H and O–H groups in total. The first kappa shape index (κ1) is 50.1. The average molecular weight is 1150 g/mol. The van der Waals surface area contributed by atoms with Crippen molar-refractivity contribution in [2.24, 2.45) is 0 Å². The van der Waals surface area contributed by atoms with Gasteiger partial charge in [0.15, 0.2) is 5.82 Å². The van der Waals surface area contributed by atoms with Crippen LogP contribution in [-0.4, -0.2) is 28.2 Å². The van der Waals surface area contributed by atoms with Crippen LogP contribution in [0, 0.1) is 0 Å². The third-order valence-corrected chi connectivity index (χ3v) is 18.7. The molecule has 0 atom stereocenters. The van der Waals surface area contributed by atoms with E-state index in [4.69, 9.17) is 9.97 Å². The third kappa shape index (κ3) is 7.65. The fourth-order valence-corrected chi connectivity index (χ4v) is 14.7. The van der Waals surface area contributed by atoms with Crippen LogP contribution in [0.25, 0.3) is 177 Å². The fraction of sp³-hybridized carbons (Fsp3) is 0. The lowest BCUT2D eigenvalue weighted by molar-refractivity contribution is 1.17. The largest absolute Gasteiger partial charge is 0.309 e. The second kappa shape index (κ2) is 19.7. The Morgan fingerprint density at radius 3 is 1.00 bits per heavy atom. The van der Waals surface area contributed by atoms with E-state index in [2.05, 4.69) is 328 Å². The predicted octanol–water partition coefficient (Wildman–Crippen LogP) is 21.8. The number of hydrogen-bond donors (Lipinski definition) is 0. The topological polar surface area (TPSA) is 45.5 Å². The van der Waals surface area contributed by atoms with Gasteiger partial charge in [-0.1, -0.05) is 188 Å². The van der Waals surface area contributed by atoms with Crippen molar-refractivity contribution in [1.82, 2.24) is 28.2 Å². The van der Waals surface area contributed by atoms with E-state index in [0.717, 1.165) is 83.3 Å². The molecule has 5 aromatic heterocycles. The molecule has 0 bridgehead atoms. The Labute approximate surface area is 517 Å². The molecule has 0 aliphatic heterocycles. The van der Waals surface area contributed by atoms with Crippen LogP contribution in [-0.2, 0) is 0 Å². The van der Waals surface area contributed by atoms with Crippen LogP contribution in [0.15, 0.2) is 315 Å². The van der Waals surface area contributed by atoms with E-state index in [-0.39, 0.29) is 0 Å². The molecule has 0 fully saturated rings. The Kier molecular flexibility index (Phi) is 11.0. The summed E-state index contributed by atoms with van der Waals surface area (Å²) in [6.45, 7) is 0. The van der Waals surface area contributed by atoms with Crippen molar-refractivity contribution < 1.29 is 0 Å². The van der Waals surface area contributed by atoms with Crippen molar-refractivity contribution in [3.63, 3.8) is 0 Å². The lowest BCUT2D eigenvalue weighted by Crippen LogP contribution is -1.98. The van der Waals surface area contributed by atoms with E-state index < -0.39 is 0 Å². The summed E-state index contributed by atoms with van der Waals surface area (Å²) in [5, 5.41) is 13.0. The van der Waals surface area contributed by atoms with Gasteiger partial charge in [-0.05, 0) is 155 Å². The summed E-state index contributed by atoms with van der Waals surface area (Å²) in [4.78, 5) is 10.9. The maximum Gasteiger partial charge on any atom is 0.160 e. The van der Waals surface area contributed by atoms with E-state index in [1.54, 1.807) is 0 Å². The molecule has 0 amide bonds. The lowest BCUT2D eigenvalue weighted by atomic mass is 10.00. The lowest BCUT2D eigenvalue weighted by Gasteiger charge is -2.15. The molecule has 6 heteroatoms. The second-order valence-corrected chi connectivity index (χ2v) is 23.7. The van der Waals surface area contributed by atoms with Gasteiger partial charge in [0, 0.05) is 87.7 Å². The molecule has 0 aliphatic rings. The molecular formula is C84H52N6. The predicted molar refractivity (Wildman–Crippen MR) is 376 cm³/mol. The van der Waals surface area contributed by atoms with Gasteiger partial charge >= 0.3 is 0 Å². The summed E-state index contributed by atoms with van der Waals surface area (Å²) < 4.78 is 9.58. The maximum absolute atomic E-state index is 5.47. The molecule has 0 saturated heterocycles. The maximum atomic E-state index is 5.47. The molecular weight excluding hydrogens is 1090 g/mol. The Balaban J connectivity index is 0.716. The van der Waals surface area contributed by atoms with Crippen LogP contribution < -0.4 is 0 Å². The molecule has 5 heterocycles. The van der Waals surface area contributed by atoms with Crippen LogP contribution >= 0.6 is 0 Å². The van der Waals surface area contributed by atoms with Gasteiger partial charge in [-0.25, -0.2) is 9.97 Å². The third-order valence-electron chi connectivity index (χ3n) is 18.7. The normalized spacial score (nSPS) is 12.0. The SMILES string of the molecule is c1ccc(-c2nc(-c3cccc(-n4c5ccccc5c5cc(-c6ccc7c(c6)c6ccccc6n7-c6ccccc6)ccc54)c3)c3ccc4cc(-n5c6ccccc6c6cc(-c7ccc8c(c7)c7ccccc7n8-c7ccccc7)ccc65)ccc4c3n2)cc1. The first-order chi connectivity index (χ1) is 44.6. The molecule has 14 aromatic carbocycles. The molecule has 0 unspecified atom stereocenters. The molecule has 90 heavy (non-hydrogen) atoms. The van der Waals surface area contributed by atoms with Gasteiger partial charge in [0.1, 0.15) is 0 Å². The van der Waals surface area contributed by atoms with Gasteiger partial charge in [-0.15, -0.1) is 0 Å². The smallest absolute Gasteiger partial charge is 0.160 e. The van der Waals surface area contributed by atoms with Crippen molar-refractivity contribution in [2.45, 2.75) is 0 Å². The minimum Gasteiger partial charge on any atom is -0.309 e. The van der Waals surface area contributed by atoms with Crippen molar-refractivity contribution >= 4 is 109 Å². The monoisotopic (exact) mass is 1140 g/mol. The molecule has 418 valence electrons. The van der Waals surface area contributed by atoms with Crippen molar-refractivity contribution in [3.8, 4) is 67.6 Å². The van der Waals surface area contributed by atoms with Gasteiger partial charge < -0.3 is 18.3 Å². The number of aromatic nitrogens is 6. The van der Waals surface area contributed by atoms with E-state index in [1.807, 2.05) is 6.07 Å². The first-order valence-electron chi connectivity index (χ1n) is 30.8. The standard InChI is InChI=1S/C84H52N6/c1-4-19-53(20-5-1)84-85-82(59-21-18-26-62(48-59)89-76-33-16-12-29-67(76)72-51-56(38-45-80(72)89)54-36-43-78-70(49-54)65-27-10-14-31-74(65)87(78)60-22-6-2-7-23-60)69-41-35-58-47-63(40-42-64(58)83(69)86-84)90-77-34-17-13-30-68(77)73-52-57(39-46-81(73)90)55-37-44-79-71(50-55)66-28-11-15-32-75(66)88(79)61-24-8-3-9-25-61/h1-52H. The van der Waals surface area contributed by atoms with E-state index in [9.17, 15) is 0 Å². The zero-order valence-corrected chi connectivity index (χ0v) is 48.7. The summed E-state index contributed by atoms with van der Waals surface area (Å²) in [6, 6.07) is 115. The highest BCUT2D eigenvalue weighted by Crippen LogP contribution is 2.43. The van der Waals surface area contributed by atoms with Crippen LogP contribution in [0.4, 0.5) is 0 Å². The summed E-state index contributed by atoms with van der Waals surface area (Å²) in [6.07, 6.45) is 0. The number of rotatable bonds is 8. The van der Waals surface area contributed by atoms with Gasteiger partial charge in [0.05, 0.1) is 55.3 Å². The van der Waals surface area contributed by atoms with Crippen molar-refractivity contribution in [2.75, 3.05) is 0 Å². The minimum absolute atomic E-state index is 0.687. The molecule has 0 radical (unpaired) electrons. The Morgan fingerprint density at radius 2 is 0.544 bits per heavy atom. The quantitative estimate of drug-likeness (QED) is 0.142. The molecule has 0 saturated carbocycles. The number of benzene rings is 14. The highest BCUT2D eigenvalue weighted by Gasteiger charge is 2.21. The molecule has 6 nitrogen and oxygen atoms in total. The van der Waals surface area contributed by atoms with Gasteiger partial charge in [0.25, 0.3) is 0 Å². The fourth-order valence-electron chi connectivity index (χ4n) is 14.7. The Morgan fingerprint density at radius 1 is 0.189 bits per heavy atom.